The summed E-state index contributed by atoms with van der Waals surface area (Å²) < 4.78 is 14.5. The van der Waals surface area contributed by atoms with E-state index in [0.29, 0.717) is 5.52 Å². The monoisotopic (exact) mass is 346 g/mol. The first-order valence-corrected chi connectivity index (χ1v) is 8.06. The number of anilines is 1. The molecule has 7 heteroatoms. The van der Waals surface area contributed by atoms with Crippen molar-refractivity contribution < 1.29 is 19.4 Å². The van der Waals surface area contributed by atoms with E-state index in [0.717, 1.165) is 10.3 Å². The fraction of sp³-hybridized carbons (Fsp3) is 0.176. The molecule has 3 N–H and O–H groups in total. The van der Waals surface area contributed by atoms with E-state index in [9.17, 15) is 19.4 Å². The summed E-state index contributed by atoms with van der Waals surface area (Å²) in [6.07, 6.45) is -3.25. The zero-order chi connectivity index (χ0) is 17.3. The van der Waals surface area contributed by atoms with Crippen LogP contribution >= 0.6 is 11.3 Å². The van der Waals surface area contributed by atoms with Crippen molar-refractivity contribution >= 4 is 33.1 Å². The molecule has 3 rings (SSSR count). The van der Waals surface area contributed by atoms with Crippen molar-refractivity contribution in [2.24, 2.45) is 0 Å². The van der Waals surface area contributed by atoms with Crippen LogP contribution in [0.25, 0.3) is 10.2 Å². The maximum Gasteiger partial charge on any atom is 0.256 e. The number of nitrogens with one attached hydrogen (secondary N) is 1. The molecule has 124 valence electrons. The van der Waals surface area contributed by atoms with E-state index in [1.807, 2.05) is 18.2 Å². The van der Waals surface area contributed by atoms with Crippen LogP contribution in [0.15, 0.2) is 42.5 Å². The number of aryl methyl sites for hydroxylation is 1. The number of aliphatic hydroxyl groups excluding tert-OH is 2. The SMILES string of the molecule is Cc1ccc(F)c(NC(=O)C(O)C(O)c2nc3ccccc3s2)c1. The number of halogens is 1. The largest absolute Gasteiger partial charge is 0.383 e. The number of para-hydroxylation sites is 1. The lowest BCUT2D eigenvalue weighted by molar-refractivity contribution is -0.129. The Kier molecular flexibility index (Phi) is 4.57. The number of fused-ring (bicyclic) bond motifs is 1. The Labute approximate surface area is 141 Å². The van der Waals surface area contributed by atoms with Crippen LogP contribution < -0.4 is 5.32 Å². The zero-order valence-corrected chi connectivity index (χ0v) is 13.5. The normalized spacial score (nSPS) is 13.7. The topological polar surface area (TPSA) is 82.5 Å². The number of thiazole rings is 1. The van der Waals surface area contributed by atoms with Gasteiger partial charge in [-0.05, 0) is 36.8 Å². The van der Waals surface area contributed by atoms with Gasteiger partial charge in [-0.15, -0.1) is 11.3 Å². The zero-order valence-electron chi connectivity index (χ0n) is 12.7. The summed E-state index contributed by atoms with van der Waals surface area (Å²) in [5, 5.41) is 22.8. The van der Waals surface area contributed by atoms with Crippen LogP contribution in [-0.2, 0) is 4.79 Å². The molecule has 0 fully saturated rings. The van der Waals surface area contributed by atoms with Gasteiger partial charge in [-0.1, -0.05) is 18.2 Å². The van der Waals surface area contributed by atoms with Gasteiger partial charge in [0.05, 0.1) is 15.9 Å². The fourth-order valence-corrected chi connectivity index (χ4v) is 3.22. The summed E-state index contributed by atoms with van der Waals surface area (Å²) in [7, 11) is 0. The van der Waals surface area contributed by atoms with Crippen LogP contribution in [0.5, 0.6) is 0 Å². The lowest BCUT2D eigenvalue weighted by atomic mass is 10.1. The number of nitrogens with zero attached hydrogens (tertiary/aromatic N) is 1. The molecule has 1 heterocycles. The molecule has 0 saturated heterocycles. The highest BCUT2D eigenvalue weighted by Gasteiger charge is 2.29. The van der Waals surface area contributed by atoms with Crippen molar-refractivity contribution in [3.8, 4) is 0 Å². The van der Waals surface area contributed by atoms with E-state index >= 15 is 0 Å². The van der Waals surface area contributed by atoms with E-state index in [1.54, 1.807) is 19.1 Å². The van der Waals surface area contributed by atoms with Gasteiger partial charge < -0.3 is 15.5 Å². The van der Waals surface area contributed by atoms with E-state index in [2.05, 4.69) is 10.3 Å². The molecule has 2 aromatic carbocycles. The average Bonchev–Trinajstić information content (AvgIpc) is 3.00. The number of amides is 1. The van der Waals surface area contributed by atoms with Crippen LogP contribution in [-0.4, -0.2) is 27.2 Å². The number of carbonyl (C=O) groups excluding carboxylic acids is 1. The minimum absolute atomic E-state index is 0.0458. The Balaban J connectivity index is 1.78. The number of aromatic nitrogens is 1. The molecular weight excluding hydrogens is 331 g/mol. The smallest absolute Gasteiger partial charge is 0.256 e. The van der Waals surface area contributed by atoms with Crippen LogP contribution in [0.4, 0.5) is 10.1 Å². The lowest BCUT2D eigenvalue weighted by Gasteiger charge is -2.16. The predicted molar refractivity (Wildman–Crippen MR) is 90.4 cm³/mol. The molecule has 1 aromatic heterocycles. The number of hydrogen-bond donors (Lipinski definition) is 3. The van der Waals surface area contributed by atoms with Gasteiger partial charge >= 0.3 is 0 Å². The van der Waals surface area contributed by atoms with Gasteiger partial charge in [-0.3, -0.25) is 4.79 Å². The fourth-order valence-electron chi connectivity index (χ4n) is 2.24. The second-order valence-corrected chi connectivity index (χ2v) is 6.44. The van der Waals surface area contributed by atoms with Crippen LogP contribution in [0.3, 0.4) is 0 Å². The van der Waals surface area contributed by atoms with Crippen molar-refractivity contribution in [1.29, 1.82) is 0 Å². The van der Waals surface area contributed by atoms with Gasteiger partial charge in [0.1, 0.15) is 16.9 Å². The van der Waals surface area contributed by atoms with Crippen LogP contribution in [0, 0.1) is 12.7 Å². The molecular formula is C17H15FN2O3S. The summed E-state index contributed by atoms with van der Waals surface area (Å²) in [5.41, 5.74) is 1.39. The Morgan fingerprint density at radius 2 is 2.00 bits per heavy atom. The third kappa shape index (κ3) is 3.28. The maximum atomic E-state index is 13.7. The standard InChI is InChI=1S/C17H15FN2O3S/c1-9-6-7-10(18)12(8-9)19-16(23)14(21)15(22)17-20-11-4-2-3-5-13(11)24-17/h2-8,14-15,21-22H,1H3,(H,19,23). The van der Waals surface area contributed by atoms with E-state index in [1.165, 1.54) is 23.5 Å². The number of carbonyl (C=O) groups is 1. The third-order valence-corrected chi connectivity index (χ3v) is 4.62. The first-order chi connectivity index (χ1) is 11.5. The van der Waals surface area contributed by atoms with Crippen molar-refractivity contribution in [1.82, 2.24) is 4.98 Å². The summed E-state index contributed by atoms with van der Waals surface area (Å²) in [5.74, 6) is -1.51. The van der Waals surface area contributed by atoms with Crippen LogP contribution in [0.1, 0.15) is 16.7 Å². The summed E-state index contributed by atoms with van der Waals surface area (Å²) >= 11 is 1.19. The maximum absolute atomic E-state index is 13.7. The van der Waals surface area contributed by atoms with Gasteiger partial charge in [-0.2, -0.15) is 0 Å². The second-order valence-electron chi connectivity index (χ2n) is 5.38. The van der Waals surface area contributed by atoms with E-state index in [-0.39, 0.29) is 10.7 Å². The highest BCUT2D eigenvalue weighted by atomic mass is 32.1. The number of aliphatic hydroxyl groups is 2. The highest BCUT2D eigenvalue weighted by Crippen LogP contribution is 2.28. The van der Waals surface area contributed by atoms with Gasteiger partial charge in [0.15, 0.2) is 6.10 Å². The van der Waals surface area contributed by atoms with Gasteiger partial charge in [0, 0.05) is 0 Å². The first kappa shape index (κ1) is 16.5. The Morgan fingerprint density at radius 3 is 2.75 bits per heavy atom. The Hall–Kier alpha value is -2.35. The minimum Gasteiger partial charge on any atom is -0.383 e. The predicted octanol–water partition coefficient (Wildman–Crippen LogP) is 2.78. The number of hydrogen-bond acceptors (Lipinski definition) is 5. The first-order valence-electron chi connectivity index (χ1n) is 7.24. The molecule has 1 amide bonds. The van der Waals surface area contributed by atoms with E-state index in [4.69, 9.17) is 0 Å². The molecule has 0 saturated carbocycles. The summed E-state index contributed by atoms with van der Waals surface area (Å²) in [4.78, 5) is 16.3. The average molecular weight is 346 g/mol. The van der Waals surface area contributed by atoms with Gasteiger partial charge in [0.25, 0.3) is 5.91 Å². The molecule has 0 bridgehead atoms. The van der Waals surface area contributed by atoms with Crippen LogP contribution in [0.2, 0.25) is 0 Å². The highest BCUT2D eigenvalue weighted by molar-refractivity contribution is 7.18. The molecule has 5 nitrogen and oxygen atoms in total. The molecule has 0 aliphatic carbocycles. The van der Waals surface area contributed by atoms with Crippen molar-refractivity contribution in [2.45, 2.75) is 19.1 Å². The van der Waals surface area contributed by atoms with Crippen molar-refractivity contribution in [3.63, 3.8) is 0 Å². The Morgan fingerprint density at radius 1 is 1.25 bits per heavy atom. The van der Waals surface area contributed by atoms with Gasteiger partial charge in [0.2, 0.25) is 0 Å². The third-order valence-electron chi connectivity index (χ3n) is 3.51. The van der Waals surface area contributed by atoms with Crippen molar-refractivity contribution in [3.05, 3.63) is 58.9 Å². The van der Waals surface area contributed by atoms with Gasteiger partial charge in [-0.25, -0.2) is 9.37 Å². The molecule has 0 aliphatic heterocycles. The molecule has 0 aliphatic rings. The second kappa shape index (κ2) is 6.64. The van der Waals surface area contributed by atoms with Crippen molar-refractivity contribution in [2.75, 3.05) is 5.32 Å². The lowest BCUT2D eigenvalue weighted by Crippen LogP contribution is -2.33. The minimum atomic E-state index is -1.76. The number of benzene rings is 2. The molecule has 24 heavy (non-hydrogen) atoms. The molecule has 3 aromatic rings. The summed E-state index contributed by atoms with van der Waals surface area (Å²) in [6.45, 7) is 1.75. The Bertz CT molecular complexity index is 863. The molecule has 0 spiro atoms. The number of rotatable bonds is 4. The van der Waals surface area contributed by atoms with E-state index < -0.39 is 23.9 Å². The molecule has 2 unspecified atom stereocenters. The molecule has 2 atom stereocenters. The quantitative estimate of drug-likeness (QED) is 0.678. The summed E-state index contributed by atoms with van der Waals surface area (Å²) in [6, 6.07) is 11.5. The molecule has 0 radical (unpaired) electrons.